The van der Waals surface area contributed by atoms with Crippen LogP contribution in [-0.2, 0) is 17.8 Å². The highest BCUT2D eigenvalue weighted by atomic mass is 16.5. The number of hydrogen-bond acceptors (Lipinski definition) is 4. The fourth-order valence-corrected chi connectivity index (χ4v) is 4.54. The van der Waals surface area contributed by atoms with E-state index in [1.165, 1.54) is 37.1 Å². The van der Waals surface area contributed by atoms with Crippen molar-refractivity contribution in [2.75, 3.05) is 53.0 Å². The summed E-state index contributed by atoms with van der Waals surface area (Å²) in [6.45, 7) is 15.7. The maximum absolute atomic E-state index is 5.50. The molecule has 168 valence electrons. The van der Waals surface area contributed by atoms with Gasteiger partial charge in [0.2, 0.25) is 0 Å². The lowest BCUT2D eigenvalue weighted by Crippen LogP contribution is -2.56. The molecule has 6 heteroatoms. The van der Waals surface area contributed by atoms with Crippen LogP contribution in [0.1, 0.15) is 44.7 Å². The van der Waals surface area contributed by atoms with Crippen molar-refractivity contribution in [3.63, 3.8) is 0 Å². The van der Waals surface area contributed by atoms with Gasteiger partial charge in [0.25, 0.3) is 0 Å². The van der Waals surface area contributed by atoms with E-state index in [0.717, 1.165) is 57.8 Å². The van der Waals surface area contributed by atoms with E-state index < -0.39 is 0 Å². The molecule has 0 aliphatic carbocycles. The summed E-state index contributed by atoms with van der Waals surface area (Å²) in [6.07, 6.45) is 2.68. The molecule has 0 aromatic heterocycles. The molecule has 0 bridgehead atoms. The number of nitrogens with one attached hydrogen (secondary N) is 2. The minimum absolute atomic E-state index is 0.0598. The van der Waals surface area contributed by atoms with Gasteiger partial charge in [-0.1, -0.05) is 31.2 Å². The molecule has 2 aliphatic heterocycles. The summed E-state index contributed by atoms with van der Waals surface area (Å²) in [6, 6.07) is 8.80. The number of benzene rings is 1. The fourth-order valence-electron chi connectivity index (χ4n) is 4.54. The number of hydrogen-bond donors (Lipinski definition) is 2. The molecule has 2 aliphatic rings. The van der Waals surface area contributed by atoms with E-state index in [1.54, 1.807) is 0 Å². The number of ether oxygens (including phenoxy) is 1. The average Bonchev–Trinajstić information content (AvgIpc) is 2.75. The Kier molecular flexibility index (Phi) is 8.54. The molecule has 1 atom stereocenters. The van der Waals surface area contributed by atoms with Crippen molar-refractivity contribution in [2.24, 2.45) is 10.9 Å². The van der Waals surface area contributed by atoms with Crippen molar-refractivity contribution < 1.29 is 4.74 Å². The van der Waals surface area contributed by atoms with Gasteiger partial charge in [0.05, 0.1) is 13.2 Å². The van der Waals surface area contributed by atoms with E-state index in [4.69, 9.17) is 4.74 Å². The van der Waals surface area contributed by atoms with E-state index in [-0.39, 0.29) is 5.54 Å². The molecule has 2 saturated heterocycles. The number of likely N-dealkylation sites (tertiary alicyclic amines) is 1. The number of piperidine rings is 1. The second-order valence-electron chi connectivity index (χ2n) is 9.44. The second-order valence-corrected chi connectivity index (χ2v) is 9.44. The van der Waals surface area contributed by atoms with Crippen molar-refractivity contribution in [1.29, 1.82) is 0 Å². The van der Waals surface area contributed by atoms with Gasteiger partial charge in [0.1, 0.15) is 0 Å². The predicted octanol–water partition coefficient (Wildman–Crippen LogP) is 2.69. The second kappa shape index (κ2) is 11.1. The van der Waals surface area contributed by atoms with Crippen LogP contribution in [0.15, 0.2) is 29.3 Å². The first-order valence-corrected chi connectivity index (χ1v) is 11.5. The lowest BCUT2D eigenvalue weighted by molar-refractivity contribution is -0.00834. The van der Waals surface area contributed by atoms with Crippen LogP contribution in [0.3, 0.4) is 0 Å². The van der Waals surface area contributed by atoms with Crippen LogP contribution in [0.5, 0.6) is 0 Å². The molecule has 1 unspecified atom stereocenters. The van der Waals surface area contributed by atoms with Crippen LogP contribution < -0.4 is 10.6 Å². The Labute approximate surface area is 183 Å². The highest BCUT2D eigenvalue weighted by Gasteiger charge is 2.28. The van der Waals surface area contributed by atoms with Crippen LogP contribution in [0.2, 0.25) is 0 Å². The van der Waals surface area contributed by atoms with Crippen LogP contribution in [0.4, 0.5) is 0 Å². The Morgan fingerprint density at radius 1 is 1.13 bits per heavy atom. The van der Waals surface area contributed by atoms with Gasteiger partial charge in [0, 0.05) is 51.9 Å². The van der Waals surface area contributed by atoms with E-state index in [9.17, 15) is 0 Å². The van der Waals surface area contributed by atoms with Crippen molar-refractivity contribution in [2.45, 2.75) is 52.2 Å². The molecule has 2 heterocycles. The van der Waals surface area contributed by atoms with Crippen LogP contribution in [-0.4, -0.2) is 74.3 Å². The number of rotatable bonds is 7. The minimum atomic E-state index is 0.0598. The van der Waals surface area contributed by atoms with Crippen molar-refractivity contribution >= 4 is 5.96 Å². The van der Waals surface area contributed by atoms with Crippen molar-refractivity contribution in [3.05, 3.63) is 35.4 Å². The Bertz CT molecular complexity index is 684. The summed E-state index contributed by atoms with van der Waals surface area (Å²) in [4.78, 5) is 9.54. The van der Waals surface area contributed by atoms with Gasteiger partial charge in [-0.25, -0.2) is 0 Å². The zero-order valence-electron chi connectivity index (χ0n) is 19.4. The number of aliphatic imine (C=N–C) groups is 1. The first kappa shape index (κ1) is 23.0. The van der Waals surface area contributed by atoms with Crippen molar-refractivity contribution in [3.8, 4) is 0 Å². The lowest BCUT2D eigenvalue weighted by atomic mass is 9.99. The van der Waals surface area contributed by atoms with E-state index in [0.29, 0.717) is 0 Å². The van der Waals surface area contributed by atoms with E-state index in [1.807, 2.05) is 7.05 Å². The Balaban J connectivity index is 1.52. The zero-order valence-corrected chi connectivity index (χ0v) is 19.4. The topological polar surface area (TPSA) is 52.1 Å². The fraction of sp³-hybridized carbons (Fsp3) is 0.708. The number of morpholine rings is 1. The summed E-state index contributed by atoms with van der Waals surface area (Å²) in [5.74, 6) is 1.67. The number of nitrogens with zero attached hydrogens (tertiary/aromatic N) is 3. The summed E-state index contributed by atoms with van der Waals surface area (Å²) in [7, 11) is 1.85. The van der Waals surface area contributed by atoms with Gasteiger partial charge in [0.15, 0.2) is 5.96 Å². The van der Waals surface area contributed by atoms with Gasteiger partial charge >= 0.3 is 0 Å². The Morgan fingerprint density at radius 2 is 1.87 bits per heavy atom. The first-order chi connectivity index (χ1) is 14.5. The predicted molar refractivity (Wildman–Crippen MR) is 125 cm³/mol. The molecule has 0 saturated carbocycles. The van der Waals surface area contributed by atoms with E-state index in [2.05, 4.69) is 70.5 Å². The molecule has 2 fully saturated rings. The maximum Gasteiger partial charge on any atom is 0.191 e. The largest absolute Gasteiger partial charge is 0.379 e. The molecule has 1 aromatic rings. The number of guanidine groups is 1. The lowest BCUT2D eigenvalue weighted by Gasteiger charge is -2.41. The smallest absolute Gasteiger partial charge is 0.191 e. The zero-order chi connectivity index (χ0) is 21.4. The average molecular weight is 416 g/mol. The normalized spacial score (nSPS) is 22.1. The first-order valence-electron chi connectivity index (χ1n) is 11.5. The molecular weight excluding hydrogens is 374 g/mol. The molecule has 1 aromatic carbocycles. The van der Waals surface area contributed by atoms with Gasteiger partial charge in [-0.15, -0.1) is 0 Å². The van der Waals surface area contributed by atoms with Gasteiger partial charge in [-0.05, 0) is 50.3 Å². The Hall–Kier alpha value is -1.63. The van der Waals surface area contributed by atoms with E-state index >= 15 is 0 Å². The standard InChI is InChI=1S/C24H41N5O/c1-20-8-7-11-28(17-20)18-22-10-6-5-9-21(22)16-26-23(25-4)27-19-24(2,3)29-12-14-30-15-13-29/h5-6,9-10,20H,7-8,11-19H2,1-4H3,(H2,25,26,27). The van der Waals surface area contributed by atoms with Gasteiger partial charge in [-0.3, -0.25) is 14.8 Å². The minimum Gasteiger partial charge on any atom is -0.379 e. The monoisotopic (exact) mass is 415 g/mol. The van der Waals surface area contributed by atoms with Gasteiger partial charge in [-0.2, -0.15) is 0 Å². The van der Waals surface area contributed by atoms with Gasteiger partial charge < -0.3 is 15.4 Å². The molecule has 30 heavy (non-hydrogen) atoms. The molecule has 6 nitrogen and oxygen atoms in total. The highest BCUT2D eigenvalue weighted by molar-refractivity contribution is 5.79. The van der Waals surface area contributed by atoms with Crippen LogP contribution >= 0.6 is 0 Å². The van der Waals surface area contributed by atoms with Crippen LogP contribution in [0.25, 0.3) is 0 Å². The van der Waals surface area contributed by atoms with Crippen LogP contribution in [0, 0.1) is 5.92 Å². The summed E-state index contributed by atoms with van der Waals surface area (Å²) >= 11 is 0. The summed E-state index contributed by atoms with van der Waals surface area (Å²) < 4.78 is 5.50. The third-order valence-corrected chi connectivity index (χ3v) is 6.48. The molecule has 0 spiro atoms. The molecule has 2 N–H and O–H groups in total. The summed E-state index contributed by atoms with van der Waals surface area (Å²) in [5, 5.41) is 7.05. The molecule has 0 radical (unpaired) electrons. The Morgan fingerprint density at radius 3 is 2.57 bits per heavy atom. The summed E-state index contributed by atoms with van der Waals surface area (Å²) in [5.41, 5.74) is 2.83. The third-order valence-electron chi connectivity index (χ3n) is 6.48. The third kappa shape index (κ3) is 6.69. The quantitative estimate of drug-likeness (QED) is 0.530. The highest BCUT2D eigenvalue weighted by Crippen LogP contribution is 2.19. The maximum atomic E-state index is 5.50. The SMILES string of the molecule is CN=C(NCc1ccccc1CN1CCCC(C)C1)NCC(C)(C)N1CCOCC1. The molecular formula is C24H41N5O. The molecule has 0 amide bonds. The van der Waals surface area contributed by atoms with Crippen molar-refractivity contribution in [1.82, 2.24) is 20.4 Å². The molecule has 3 rings (SSSR count).